The van der Waals surface area contributed by atoms with Crippen LogP contribution in [0.15, 0.2) is 36.4 Å². The van der Waals surface area contributed by atoms with Gasteiger partial charge < -0.3 is 10.1 Å². The molecule has 0 aromatic heterocycles. The topological polar surface area (TPSA) is 38.3 Å². The first-order chi connectivity index (χ1) is 13.6. The monoisotopic (exact) mass is 401 g/mol. The summed E-state index contributed by atoms with van der Waals surface area (Å²) in [4.78, 5) is 12.8. The Morgan fingerprint density at radius 3 is 2.10 bits per heavy atom. The first kappa shape index (κ1) is 21.3. The summed E-state index contributed by atoms with van der Waals surface area (Å²) in [6.07, 6.45) is 5.54. The van der Waals surface area contributed by atoms with E-state index in [1.807, 2.05) is 12.1 Å². The van der Waals surface area contributed by atoms with Gasteiger partial charge in [-0.25, -0.2) is 8.78 Å². The van der Waals surface area contributed by atoms with Crippen LogP contribution in [-0.4, -0.2) is 18.9 Å². The molecule has 3 rings (SSSR count). The number of rotatable bonds is 5. The summed E-state index contributed by atoms with van der Waals surface area (Å²) in [7, 11) is 1.59. The van der Waals surface area contributed by atoms with Crippen molar-refractivity contribution in [3.63, 3.8) is 0 Å². The number of nitrogens with one attached hydrogen (secondary N) is 1. The third-order valence-corrected chi connectivity index (χ3v) is 6.13. The van der Waals surface area contributed by atoms with Crippen molar-refractivity contribution in [3.8, 4) is 5.75 Å². The Kier molecular flexibility index (Phi) is 5.97. The van der Waals surface area contributed by atoms with Crippen LogP contribution in [0.4, 0.5) is 14.5 Å². The molecule has 2 aromatic carbocycles. The number of benzene rings is 2. The number of ether oxygens (including phenoxy) is 1. The Labute approximate surface area is 171 Å². The molecule has 0 fully saturated rings. The number of carbonyl (C=O) groups is 1. The summed E-state index contributed by atoms with van der Waals surface area (Å²) in [5, 5.41) is 2.92. The zero-order valence-electron chi connectivity index (χ0n) is 17.6. The van der Waals surface area contributed by atoms with Crippen LogP contribution in [0, 0.1) is 0 Å². The molecule has 0 aliphatic heterocycles. The molecule has 0 atom stereocenters. The van der Waals surface area contributed by atoms with Gasteiger partial charge in [0, 0.05) is 12.5 Å². The Bertz CT molecular complexity index is 883. The lowest BCUT2D eigenvalue weighted by Gasteiger charge is -2.32. The fraction of sp³-hybridized carbons (Fsp3) is 0.458. The van der Waals surface area contributed by atoms with Gasteiger partial charge in [0.25, 0.3) is 11.8 Å². The first-order valence-electron chi connectivity index (χ1n) is 10.1. The number of alkyl halides is 2. The number of fused-ring (bicyclic) bond motifs is 1. The molecule has 1 amide bonds. The molecular formula is C24H29F2NO2. The van der Waals surface area contributed by atoms with Crippen molar-refractivity contribution in [1.29, 1.82) is 0 Å². The maximum absolute atomic E-state index is 13.9. The van der Waals surface area contributed by atoms with E-state index in [-0.39, 0.29) is 5.91 Å². The van der Waals surface area contributed by atoms with Crippen LogP contribution in [-0.2, 0) is 18.3 Å². The quantitative estimate of drug-likeness (QED) is 0.610. The minimum Gasteiger partial charge on any atom is -0.495 e. The third kappa shape index (κ3) is 4.44. The second-order valence-corrected chi connectivity index (χ2v) is 8.43. The maximum atomic E-state index is 13.9. The second kappa shape index (κ2) is 8.13. The number of hydrogen-bond donors (Lipinski definition) is 1. The van der Waals surface area contributed by atoms with Crippen LogP contribution in [0.5, 0.6) is 5.75 Å². The second-order valence-electron chi connectivity index (χ2n) is 8.43. The molecule has 1 N–H and O–H groups in total. The molecular weight excluding hydrogens is 372 g/mol. The third-order valence-electron chi connectivity index (χ3n) is 6.13. The van der Waals surface area contributed by atoms with Gasteiger partial charge in [-0.15, -0.1) is 0 Å². The highest BCUT2D eigenvalue weighted by Gasteiger charge is 2.43. The number of anilines is 1. The SMILES string of the molecule is COc1cc2c(cc1NC(=O)c1ccc(C(C)(C)C(C)(F)F)cc1)CCCCC2. The largest absolute Gasteiger partial charge is 0.495 e. The number of hydrogen-bond acceptors (Lipinski definition) is 2. The lowest BCUT2D eigenvalue weighted by Crippen LogP contribution is -2.37. The molecule has 0 bridgehead atoms. The Morgan fingerprint density at radius 1 is 0.966 bits per heavy atom. The normalized spacial score (nSPS) is 14.7. The molecule has 2 aromatic rings. The molecule has 0 heterocycles. The molecule has 0 saturated heterocycles. The van der Waals surface area contributed by atoms with Crippen molar-refractivity contribution >= 4 is 11.6 Å². The van der Waals surface area contributed by atoms with Crippen molar-refractivity contribution in [2.75, 3.05) is 12.4 Å². The Balaban J connectivity index is 1.83. The van der Waals surface area contributed by atoms with Gasteiger partial charge in [-0.2, -0.15) is 0 Å². The Morgan fingerprint density at radius 2 is 1.55 bits per heavy atom. The Hall–Kier alpha value is -2.43. The molecule has 156 valence electrons. The van der Waals surface area contributed by atoms with Gasteiger partial charge in [0.1, 0.15) is 5.75 Å². The molecule has 1 aliphatic rings. The zero-order chi connectivity index (χ0) is 21.2. The lowest BCUT2D eigenvalue weighted by molar-refractivity contribution is -0.0467. The van der Waals surface area contributed by atoms with Gasteiger partial charge in [-0.1, -0.05) is 32.4 Å². The van der Waals surface area contributed by atoms with Gasteiger partial charge in [-0.3, -0.25) is 4.79 Å². The highest BCUT2D eigenvalue weighted by molar-refractivity contribution is 6.05. The summed E-state index contributed by atoms with van der Waals surface area (Å²) in [5.41, 5.74) is 2.76. The maximum Gasteiger partial charge on any atom is 0.255 e. The molecule has 0 saturated carbocycles. The van der Waals surface area contributed by atoms with Crippen LogP contribution < -0.4 is 10.1 Å². The highest BCUT2D eigenvalue weighted by Crippen LogP contribution is 2.39. The van der Waals surface area contributed by atoms with Crippen LogP contribution in [0.25, 0.3) is 0 Å². The number of carbonyl (C=O) groups excluding carboxylic acids is 1. The van der Waals surface area contributed by atoms with Gasteiger partial charge in [0.2, 0.25) is 0 Å². The number of methoxy groups -OCH3 is 1. The molecule has 3 nitrogen and oxygen atoms in total. The van der Waals surface area contributed by atoms with E-state index in [2.05, 4.69) is 5.32 Å². The van der Waals surface area contributed by atoms with E-state index in [0.29, 0.717) is 22.6 Å². The standard InChI is InChI=1S/C24H29F2NO2/c1-23(2,24(3,25)26)19-12-10-16(11-13-19)22(28)27-20-14-17-8-6-5-7-9-18(17)15-21(20)29-4/h10-15H,5-9H2,1-4H3,(H,27,28). The van der Waals surface area contributed by atoms with Gasteiger partial charge in [0.15, 0.2) is 0 Å². The zero-order valence-corrected chi connectivity index (χ0v) is 17.6. The molecule has 0 spiro atoms. The number of amides is 1. The molecule has 1 aliphatic carbocycles. The van der Waals surface area contributed by atoms with Crippen LogP contribution in [0.2, 0.25) is 0 Å². The van der Waals surface area contributed by atoms with Gasteiger partial charge in [0.05, 0.1) is 18.2 Å². The van der Waals surface area contributed by atoms with Crippen LogP contribution >= 0.6 is 0 Å². The van der Waals surface area contributed by atoms with E-state index in [9.17, 15) is 13.6 Å². The van der Waals surface area contributed by atoms with Crippen molar-refractivity contribution in [2.24, 2.45) is 0 Å². The summed E-state index contributed by atoms with van der Waals surface area (Å²) in [5.74, 6) is -2.52. The van der Waals surface area contributed by atoms with E-state index in [4.69, 9.17) is 4.74 Å². The molecule has 0 unspecified atom stereocenters. The minimum atomic E-state index is -2.87. The first-order valence-corrected chi connectivity index (χ1v) is 10.1. The number of aryl methyl sites for hydroxylation is 2. The van der Waals surface area contributed by atoms with E-state index >= 15 is 0 Å². The van der Waals surface area contributed by atoms with E-state index < -0.39 is 11.3 Å². The predicted octanol–water partition coefficient (Wildman–Crippen LogP) is 6.15. The summed E-state index contributed by atoms with van der Waals surface area (Å²) in [6.45, 7) is 3.92. The van der Waals surface area contributed by atoms with Crippen molar-refractivity contribution in [2.45, 2.75) is 64.2 Å². The van der Waals surface area contributed by atoms with Crippen molar-refractivity contribution < 1.29 is 18.3 Å². The predicted molar refractivity (Wildman–Crippen MR) is 112 cm³/mol. The fourth-order valence-electron chi connectivity index (χ4n) is 3.69. The lowest BCUT2D eigenvalue weighted by atomic mass is 9.79. The highest BCUT2D eigenvalue weighted by atomic mass is 19.3. The molecule has 29 heavy (non-hydrogen) atoms. The average molecular weight is 401 g/mol. The minimum absolute atomic E-state index is 0.288. The van der Waals surface area contributed by atoms with Crippen LogP contribution in [0.3, 0.4) is 0 Å². The van der Waals surface area contributed by atoms with E-state index in [0.717, 1.165) is 26.2 Å². The molecule has 5 heteroatoms. The van der Waals surface area contributed by atoms with Gasteiger partial charge in [-0.05, 0) is 66.6 Å². The summed E-state index contributed by atoms with van der Waals surface area (Å²) < 4.78 is 33.3. The summed E-state index contributed by atoms with van der Waals surface area (Å²) in [6, 6.07) is 10.4. The van der Waals surface area contributed by atoms with Crippen molar-refractivity contribution in [3.05, 3.63) is 58.7 Å². The van der Waals surface area contributed by atoms with Gasteiger partial charge >= 0.3 is 0 Å². The average Bonchev–Trinajstić information content (AvgIpc) is 2.91. The van der Waals surface area contributed by atoms with E-state index in [1.165, 1.54) is 37.8 Å². The summed E-state index contributed by atoms with van der Waals surface area (Å²) >= 11 is 0. The van der Waals surface area contributed by atoms with Crippen molar-refractivity contribution in [1.82, 2.24) is 0 Å². The smallest absolute Gasteiger partial charge is 0.255 e. The fourth-order valence-corrected chi connectivity index (χ4v) is 3.69. The van der Waals surface area contributed by atoms with E-state index in [1.54, 1.807) is 31.4 Å². The molecule has 0 radical (unpaired) electrons. The number of halogens is 2. The van der Waals surface area contributed by atoms with Crippen LogP contribution in [0.1, 0.15) is 67.1 Å².